The topological polar surface area (TPSA) is 48.1 Å². The second kappa shape index (κ2) is 6.13. The molecule has 4 heteroatoms. The maximum absolute atomic E-state index is 6.14. The summed E-state index contributed by atoms with van der Waals surface area (Å²) in [6.45, 7) is 4.82. The van der Waals surface area contributed by atoms with Crippen molar-refractivity contribution >= 4 is 11.3 Å². The first-order valence-electron chi connectivity index (χ1n) is 7.03. The van der Waals surface area contributed by atoms with Crippen LogP contribution in [-0.2, 0) is 10.3 Å². The molecule has 0 aliphatic heterocycles. The molecular weight excluding hydrogens is 244 g/mol. The van der Waals surface area contributed by atoms with Gasteiger partial charge in [0.15, 0.2) is 0 Å². The van der Waals surface area contributed by atoms with Crippen LogP contribution in [0.3, 0.4) is 0 Å². The molecule has 0 bridgehead atoms. The Morgan fingerprint density at radius 1 is 1.39 bits per heavy atom. The van der Waals surface area contributed by atoms with E-state index >= 15 is 0 Å². The van der Waals surface area contributed by atoms with Gasteiger partial charge in [-0.05, 0) is 26.7 Å². The first-order valence-corrected chi connectivity index (χ1v) is 7.91. The minimum Gasteiger partial charge on any atom is -0.368 e. The summed E-state index contributed by atoms with van der Waals surface area (Å²) < 4.78 is 6.14. The average molecular weight is 268 g/mol. The molecule has 1 fully saturated rings. The normalized spacial score (nSPS) is 21.5. The van der Waals surface area contributed by atoms with Gasteiger partial charge in [0.25, 0.3) is 0 Å². The van der Waals surface area contributed by atoms with Crippen molar-refractivity contribution in [3.63, 3.8) is 0 Å². The Labute approximate surface area is 114 Å². The summed E-state index contributed by atoms with van der Waals surface area (Å²) >= 11 is 1.72. The molecule has 0 saturated heterocycles. The first-order chi connectivity index (χ1) is 8.68. The first kappa shape index (κ1) is 14.0. The van der Waals surface area contributed by atoms with Crippen molar-refractivity contribution in [3.05, 3.63) is 16.1 Å². The van der Waals surface area contributed by atoms with E-state index in [2.05, 4.69) is 12.3 Å². The fourth-order valence-corrected chi connectivity index (χ4v) is 3.84. The van der Waals surface area contributed by atoms with Gasteiger partial charge in [-0.25, -0.2) is 4.98 Å². The zero-order valence-electron chi connectivity index (χ0n) is 11.4. The quantitative estimate of drug-likeness (QED) is 0.846. The summed E-state index contributed by atoms with van der Waals surface area (Å²) in [6, 6.07) is 0.0134. The van der Waals surface area contributed by atoms with Crippen LogP contribution in [0.25, 0.3) is 0 Å². The highest BCUT2D eigenvalue weighted by atomic mass is 32.1. The van der Waals surface area contributed by atoms with Gasteiger partial charge in [0.2, 0.25) is 0 Å². The number of hydrogen-bond donors (Lipinski definition) is 1. The number of rotatable bonds is 4. The van der Waals surface area contributed by atoms with Crippen LogP contribution in [0.2, 0.25) is 0 Å². The second-order valence-corrected chi connectivity index (χ2v) is 6.07. The monoisotopic (exact) mass is 268 g/mol. The molecule has 0 amide bonds. The van der Waals surface area contributed by atoms with Gasteiger partial charge in [-0.15, -0.1) is 11.3 Å². The second-order valence-electron chi connectivity index (χ2n) is 5.21. The molecule has 2 rings (SSSR count). The lowest BCUT2D eigenvalue weighted by molar-refractivity contribution is -0.0560. The Morgan fingerprint density at radius 2 is 2.06 bits per heavy atom. The third-order valence-corrected chi connectivity index (χ3v) is 4.76. The molecule has 1 aromatic heterocycles. The molecule has 2 N–H and O–H groups in total. The fourth-order valence-electron chi connectivity index (χ4n) is 2.70. The molecule has 0 aromatic carbocycles. The van der Waals surface area contributed by atoms with E-state index < -0.39 is 0 Å². The lowest BCUT2D eigenvalue weighted by Gasteiger charge is -2.30. The number of nitrogens with zero attached hydrogens (tertiary/aromatic N) is 1. The van der Waals surface area contributed by atoms with Crippen molar-refractivity contribution in [1.29, 1.82) is 0 Å². The van der Waals surface area contributed by atoms with Crippen LogP contribution in [0.1, 0.15) is 69.1 Å². The zero-order valence-corrected chi connectivity index (χ0v) is 12.3. The molecule has 18 heavy (non-hydrogen) atoms. The summed E-state index contributed by atoms with van der Waals surface area (Å²) in [7, 11) is 0. The van der Waals surface area contributed by atoms with Crippen molar-refractivity contribution in [2.24, 2.45) is 5.73 Å². The van der Waals surface area contributed by atoms with Crippen LogP contribution < -0.4 is 5.73 Å². The molecule has 1 unspecified atom stereocenters. The molecule has 1 atom stereocenters. The minimum atomic E-state index is -0.136. The van der Waals surface area contributed by atoms with Crippen molar-refractivity contribution < 1.29 is 4.74 Å². The molecule has 1 aromatic rings. The van der Waals surface area contributed by atoms with Gasteiger partial charge in [-0.2, -0.15) is 0 Å². The van der Waals surface area contributed by atoms with Crippen LogP contribution in [0.4, 0.5) is 0 Å². The molecule has 1 aliphatic carbocycles. The molecule has 1 heterocycles. The molecule has 1 saturated carbocycles. The lowest BCUT2D eigenvalue weighted by atomic mass is 9.95. The molecule has 3 nitrogen and oxygen atoms in total. The van der Waals surface area contributed by atoms with Crippen LogP contribution in [-0.4, -0.2) is 11.6 Å². The van der Waals surface area contributed by atoms with E-state index in [1.54, 1.807) is 11.3 Å². The van der Waals surface area contributed by atoms with Gasteiger partial charge >= 0.3 is 0 Å². The van der Waals surface area contributed by atoms with Gasteiger partial charge < -0.3 is 10.5 Å². The summed E-state index contributed by atoms with van der Waals surface area (Å²) in [4.78, 5) is 4.73. The average Bonchev–Trinajstić information content (AvgIpc) is 2.73. The van der Waals surface area contributed by atoms with Crippen molar-refractivity contribution in [2.45, 2.75) is 64.0 Å². The van der Waals surface area contributed by atoms with E-state index in [0.29, 0.717) is 0 Å². The third kappa shape index (κ3) is 2.92. The Bertz CT molecular complexity index is 368. The van der Waals surface area contributed by atoms with E-state index in [1.807, 2.05) is 6.92 Å². The van der Waals surface area contributed by atoms with Gasteiger partial charge in [-0.3, -0.25) is 0 Å². The predicted octanol–water partition coefficient (Wildman–Crippen LogP) is 3.75. The van der Waals surface area contributed by atoms with Crippen molar-refractivity contribution in [1.82, 2.24) is 4.98 Å². The van der Waals surface area contributed by atoms with Gasteiger partial charge in [0.1, 0.15) is 10.6 Å². The van der Waals surface area contributed by atoms with Crippen LogP contribution in [0.15, 0.2) is 5.38 Å². The molecule has 1 aliphatic rings. The van der Waals surface area contributed by atoms with Crippen LogP contribution in [0, 0.1) is 0 Å². The standard InChI is InChI=1S/C14H24N2OS/c1-3-17-14(8-6-4-5-7-9-14)13-16-12(10-18-13)11(2)15/h10-11H,3-9,15H2,1-2H3. The van der Waals surface area contributed by atoms with Crippen molar-refractivity contribution in [2.75, 3.05) is 6.61 Å². The summed E-state index contributed by atoms with van der Waals surface area (Å²) in [5.41, 5.74) is 6.77. The number of thiazole rings is 1. The van der Waals surface area contributed by atoms with Crippen LogP contribution in [0.5, 0.6) is 0 Å². The van der Waals surface area contributed by atoms with E-state index in [4.69, 9.17) is 15.5 Å². The summed E-state index contributed by atoms with van der Waals surface area (Å²) in [5.74, 6) is 0. The Kier molecular flexibility index (Phi) is 4.76. The van der Waals surface area contributed by atoms with Crippen LogP contribution >= 0.6 is 11.3 Å². The lowest BCUT2D eigenvalue weighted by Crippen LogP contribution is -2.29. The van der Waals surface area contributed by atoms with E-state index in [-0.39, 0.29) is 11.6 Å². The Balaban J connectivity index is 2.26. The zero-order chi connectivity index (χ0) is 13.0. The molecule has 0 radical (unpaired) electrons. The number of aromatic nitrogens is 1. The van der Waals surface area contributed by atoms with E-state index in [1.165, 1.54) is 25.7 Å². The van der Waals surface area contributed by atoms with E-state index in [0.717, 1.165) is 30.2 Å². The smallest absolute Gasteiger partial charge is 0.125 e. The highest BCUT2D eigenvalue weighted by Crippen LogP contribution is 2.41. The summed E-state index contributed by atoms with van der Waals surface area (Å²) in [5, 5.41) is 3.23. The van der Waals surface area contributed by atoms with Gasteiger partial charge in [0.05, 0.1) is 5.69 Å². The van der Waals surface area contributed by atoms with Crippen molar-refractivity contribution in [3.8, 4) is 0 Å². The third-order valence-electron chi connectivity index (χ3n) is 3.71. The van der Waals surface area contributed by atoms with Gasteiger partial charge in [-0.1, -0.05) is 25.7 Å². The Morgan fingerprint density at radius 3 is 2.56 bits per heavy atom. The number of hydrogen-bond acceptors (Lipinski definition) is 4. The largest absolute Gasteiger partial charge is 0.368 e. The SMILES string of the molecule is CCOC1(c2nc(C(C)N)cs2)CCCCCC1. The number of ether oxygens (including phenoxy) is 1. The fraction of sp³-hybridized carbons (Fsp3) is 0.786. The van der Waals surface area contributed by atoms with Gasteiger partial charge in [0, 0.05) is 18.0 Å². The maximum atomic E-state index is 6.14. The minimum absolute atomic E-state index is 0.0134. The molecule has 102 valence electrons. The predicted molar refractivity (Wildman–Crippen MR) is 75.7 cm³/mol. The highest BCUT2D eigenvalue weighted by Gasteiger charge is 2.36. The Hall–Kier alpha value is -0.450. The molecular formula is C14H24N2OS. The van der Waals surface area contributed by atoms with E-state index in [9.17, 15) is 0 Å². The highest BCUT2D eigenvalue weighted by molar-refractivity contribution is 7.09. The summed E-state index contributed by atoms with van der Waals surface area (Å²) in [6.07, 6.45) is 7.33. The number of nitrogens with two attached hydrogens (primary N) is 1. The maximum Gasteiger partial charge on any atom is 0.125 e. The molecule has 0 spiro atoms.